The van der Waals surface area contributed by atoms with E-state index in [-0.39, 0.29) is 11.6 Å². The van der Waals surface area contributed by atoms with Crippen LogP contribution in [0.25, 0.3) is 5.65 Å². The van der Waals surface area contributed by atoms with Crippen molar-refractivity contribution in [1.29, 1.82) is 0 Å². The van der Waals surface area contributed by atoms with Crippen molar-refractivity contribution in [2.45, 2.75) is 0 Å². The number of halogens is 1. The lowest BCUT2D eigenvalue weighted by Gasteiger charge is -2.11. The summed E-state index contributed by atoms with van der Waals surface area (Å²) in [7, 11) is 1.76. The first-order valence-corrected chi connectivity index (χ1v) is 8.83. The van der Waals surface area contributed by atoms with Crippen molar-refractivity contribution in [2.75, 3.05) is 23.0 Å². The van der Waals surface area contributed by atoms with Crippen molar-refractivity contribution >= 4 is 46.0 Å². The van der Waals surface area contributed by atoms with Gasteiger partial charge in [-0.3, -0.25) is 9.78 Å². The molecule has 0 atom stereocenters. The van der Waals surface area contributed by atoms with E-state index in [4.69, 9.17) is 11.6 Å². The second kappa shape index (κ2) is 7.53. The highest BCUT2D eigenvalue weighted by Crippen LogP contribution is 2.25. The number of fused-ring (bicyclic) bond motifs is 1. The van der Waals surface area contributed by atoms with Crippen LogP contribution in [0.3, 0.4) is 0 Å². The summed E-state index contributed by atoms with van der Waals surface area (Å²) in [6, 6.07) is 13.1. The number of hydrogen-bond donors (Lipinski definition) is 3. The van der Waals surface area contributed by atoms with Crippen molar-refractivity contribution in [3.8, 4) is 0 Å². The first-order valence-electron chi connectivity index (χ1n) is 8.45. The highest BCUT2D eigenvalue weighted by molar-refractivity contribution is 6.33. The lowest BCUT2D eigenvalue weighted by atomic mass is 10.3. The molecular formula is C19H16ClN7O. The van der Waals surface area contributed by atoms with Crippen molar-refractivity contribution in [3.05, 3.63) is 71.8 Å². The molecule has 0 aliphatic carbocycles. The molecule has 140 valence electrons. The van der Waals surface area contributed by atoms with E-state index in [1.54, 1.807) is 19.3 Å². The fourth-order valence-corrected chi connectivity index (χ4v) is 2.84. The number of rotatable bonds is 5. The van der Waals surface area contributed by atoms with Gasteiger partial charge in [-0.1, -0.05) is 29.8 Å². The van der Waals surface area contributed by atoms with Crippen LogP contribution in [0, 0.1) is 0 Å². The van der Waals surface area contributed by atoms with Crippen LogP contribution in [-0.2, 0) is 0 Å². The number of imidazole rings is 1. The minimum atomic E-state index is -0.382. The Morgan fingerprint density at radius 3 is 2.68 bits per heavy atom. The summed E-state index contributed by atoms with van der Waals surface area (Å²) in [4.78, 5) is 21.1. The smallest absolute Gasteiger partial charge is 0.276 e. The average Bonchev–Trinajstić information content (AvgIpc) is 3.15. The number of anilines is 4. The SMILES string of the molecule is CNc1cc(Nc2ccccc2)c2ncc(C(=O)Nc3ccncc3Cl)n2n1. The van der Waals surface area contributed by atoms with E-state index in [1.165, 1.54) is 16.9 Å². The van der Waals surface area contributed by atoms with Gasteiger partial charge in [0.2, 0.25) is 0 Å². The molecule has 0 fully saturated rings. The van der Waals surface area contributed by atoms with E-state index in [2.05, 4.69) is 31.0 Å². The monoisotopic (exact) mass is 393 g/mol. The van der Waals surface area contributed by atoms with Gasteiger partial charge in [0.25, 0.3) is 5.91 Å². The molecule has 0 unspecified atom stereocenters. The molecule has 0 saturated heterocycles. The van der Waals surface area contributed by atoms with Gasteiger partial charge in [-0.05, 0) is 18.2 Å². The fraction of sp³-hybridized carbons (Fsp3) is 0.0526. The lowest BCUT2D eigenvalue weighted by molar-refractivity contribution is 0.102. The molecule has 0 bridgehead atoms. The first kappa shape index (κ1) is 17.7. The topological polar surface area (TPSA) is 96.2 Å². The van der Waals surface area contributed by atoms with Crippen LogP contribution in [-0.4, -0.2) is 32.5 Å². The summed E-state index contributed by atoms with van der Waals surface area (Å²) >= 11 is 6.08. The van der Waals surface area contributed by atoms with Crippen LogP contribution in [0.2, 0.25) is 5.02 Å². The van der Waals surface area contributed by atoms with E-state index < -0.39 is 0 Å². The van der Waals surface area contributed by atoms with Crippen LogP contribution in [0.5, 0.6) is 0 Å². The van der Waals surface area contributed by atoms with Gasteiger partial charge in [-0.2, -0.15) is 0 Å². The molecule has 3 heterocycles. The third-order valence-corrected chi connectivity index (χ3v) is 4.33. The normalized spacial score (nSPS) is 10.6. The molecule has 0 aliphatic rings. The predicted octanol–water partition coefficient (Wildman–Crippen LogP) is 3.82. The second-order valence-corrected chi connectivity index (χ2v) is 6.28. The second-order valence-electron chi connectivity index (χ2n) is 5.87. The molecule has 0 aliphatic heterocycles. The molecule has 0 radical (unpaired) electrons. The number of para-hydroxylation sites is 1. The molecule has 8 nitrogen and oxygen atoms in total. The molecule has 3 aromatic heterocycles. The number of nitrogens with zero attached hydrogens (tertiary/aromatic N) is 4. The Bertz CT molecular complexity index is 1140. The van der Waals surface area contributed by atoms with Crippen molar-refractivity contribution in [1.82, 2.24) is 19.6 Å². The average molecular weight is 394 g/mol. The molecule has 0 saturated carbocycles. The van der Waals surface area contributed by atoms with Crippen molar-refractivity contribution < 1.29 is 4.79 Å². The number of amides is 1. The van der Waals surface area contributed by atoms with E-state index in [0.29, 0.717) is 27.9 Å². The predicted molar refractivity (Wildman–Crippen MR) is 109 cm³/mol. The van der Waals surface area contributed by atoms with Crippen LogP contribution in [0.1, 0.15) is 10.5 Å². The van der Waals surface area contributed by atoms with Crippen LogP contribution >= 0.6 is 11.6 Å². The number of carbonyl (C=O) groups is 1. The Labute approximate surface area is 165 Å². The number of carbonyl (C=O) groups excluding carboxylic acids is 1. The summed E-state index contributed by atoms with van der Waals surface area (Å²) in [5.74, 6) is 0.201. The molecule has 4 rings (SSSR count). The van der Waals surface area contributed by atoms with Gasteiger partial charge >= 0.3 is 0 Å². The van der Waals surface area contributed by atoms with E-state index in [9.17, 15) is 4.79 Å². The zero-order chi connectivity index (χ0) is 19.5. The number of nitrogens with one attached hydrogen (secondary N) is 3. The Hall–Kier alpha value is -3.65. The lowest BCUT2D eigenvalue weighted by Crippen LogP contribution is -2.16. The molecule has 28 heavy (non-hydrogen) atoms. The maximum absolute atomic E-state index is 12.8. The number of pyridine rings is 1. The number of hydrogen-bond acceptors (Lipinski definition) is 6. The standard InChI is InChI=1S/C19H16ClN7O/c1-21-17-9-15(24-12-5-3-2-4-6-12)18-23-11-16(27(18)26-17)19(28)25-14-7-8-22-10-13(14)20/h2-11,24H,1H3,(H,21,26)(H,22,25,28). The van der Waals surface area contributed by atoms with Crippen molar-refractivity contribution in [2.24, 2.45) is 0 Å². The van der Waals surface area contributed by atoms with Crippen LogP contribution < -0.4 is 16.0 Å². The zero-order valence-corrected chi connectivity index (χ0v) is 15.6. The largest absolute Gasteiger partial charge is 0.372 e. The summed E-state index contributed by atoms with van der Waals surface area (Å²) in [5, 5.41) is 13.9. The van der Waals surface area contributed by atoms with E-state index >= 15 is 0 Å². The molecule has 1 amide bonds. The molecule has 4 aromatic rings. The summed E-state index contributed by atoms with van der Waals surface area (Å²) < 4.78 is 1.49. The van der Waals surface area contributed by atoms with Gasteiger partial charge in [-0.15, -0.1) is 5.10 Å². The van der Waals surface area contributed by atoms with Gasteiger partial charge in [0.15, 0.2) is 11.3 Å². The van der Waals surface area contributed by atoms with Crippen molar-refractivity contribution in [3.63, 3.8) is 0 Å². The highest BCUT2D eigenvalue weighted by atomic mass is 35.5. The summed E-state index contributed by atoms with van der Waals surface area (Å²) in [6.07, 6.45) is 4.49. The minimum absolute atomic E-state index is 0.274. The molecule has 3 N–H and O–H groups in total. The fourth-order valence-electron chi connectivity index (χ4n) is 2.68. The number of aromatic nitrogens is 4. The molecular weight excluding hydrogens is 378 g/mol. The summed E-state index contributed by atoms with van der Waals surface area (Å²) in [5.41, 5.74) is 2.87. The van der Waals surface area contributed by atoms with Gasteiger partial charge < -0.3 is 16.0 Å². The minimum Gasteiger partial charge on any atom is -0.372 e. The number of benzene rings is 1. The highest BCUT2D eigenvalue weighted by Gasteiger charge is 2.18. The Kier molecular flexibility index (Phi) is 4.77. The summed E-state index contributed by atoms with van der Waals surface area (Å²) in [6.45, 7) is 0. The first-order chi connectivity index (χ1) is 13.7. The van der Waals surface area contributed by atoms with Gasteiger partial charge in [-0.25, -0.2) is 9.50 Å². The Balaban J connectivity index is 1.73. The molecule has 0 spiro atoms. The Morgan fingerprint density at radius 2 is 1.93 bits per heavy atom. The Morgan fingerprint density at radius 1 is 1.11 bits per heavy atom. The van der Waals surface area contributed by atoms with E-state index in [1.807, 2.05) is 36.4 Å². The third kappa shape index (κ3) is 3.45. The maximum atomic E-state index is 12.8. The van der Waals surface area contributed by atoms with Gasteiger partial charge in [0.05, 0.1) is 22.6 Å². The van der Waals surface area contributed by atoms with Crippen LogP contribution in [0.4, 0.5) is 22.9 Å². The van der Waals surface area contributed by atoms with Gasteiger partial charge in [0, 0.05) is 31.2 Å². The van der Waals surface area contributed by atoms with Crippen LogP contribution in [0.15, 0.2) is 61.1 Å². The maximum Gasteiger partial charge on any atom is 0.276 e. The van der Waals surface area contributed by atoms with Gasteiger partial charge in [0.1, 0.15) is 5.82 Å². The quantitative estimate of drug-likeness (QED) is 0.477. The molecule has 1 aromatic carbocycles. The molecule has 9 heteroatoms. The van der Waals surface area contributed by atoms with E-state index in [0.717, 1.165) is 5.69 Å². The zero-order valence-electron chi connectivity index (χ0n) is 14.8. The third-order valence-electron chi connectivity index (χ3n) is 4.03.